The molecule has 0 unspecified atom stereocenters. The van der Waals surface area contributed by atoms with Crippen molar-refractivity contribution < 1.29 is 14.7 Å². The summed E-state index contributed by atoms with van der Waals surface area (Å²) in [7, 11) is 0. The minimum absolute atomic E-state index is 0.0152. The number of anilines is 1. The lowest BCUT2D eigenvalue weighted by Gasteiger charge is -2.10. The quantitative estimate of drug-likeness (QED) is 0.885. The lowest BCUT2D eigenvalue weighted by atomic mass is 9.98. The largest absolute Gasteiger partial charge is 0.478 e. The normalized spacial score (nSPS) is 13.7. The number of benzodiazepines with no additional fused rings is 1. The number of amides is 1. The number of nitrogens with zero attached hydrogens (tertiary/aromatic N) is 1. The maximum absolute atomic E-state index is 11.7. The molecule has 0 aliphatic carbocycles. The van der Waals surface area contributed by atoms with Crippen molar-refractivity contribution in [1.29, 1.82) is 0 Å². The number of fused-ring (bicyclic) bond motifs is 1. The molecular formula is C16H12N2O3. The first-order valence-corrected chi connectivity index (χ1v) is 6.42. The highest BCUT2D eigenvalue weighted by Crippen LogP contribution is 2.24. The van der Waals surface area contributed by atoms with Crippen LogP contribution in [0.25, 0.3) is 0 Å². The zero-order valence-corrected chi connectivity index (χ0v) is 11.0. The number of carbonyl (C=O) groups is 2. The van der Waals surface area contributed by atoms with E-state index < -0.39 is 5.97 Å². The Bertz CT molecular complexity index is 751. The first-order chi connectivity index (χ1) is 10.1. The highest BCUT2D eigenvalue weighted by Gasteiger charge is 2.19. The number of aromatic carboxylic acids is 1. The summed E-state index contributed by atoms with van der Waals surface area (Å²) >= 11 is 0. The molecule has 5 heteroatoms. The lowest BCUT2D eigenvalue weighted by Crippen LogP contribution is -2.13. The van der Waals surface area contributed by atoms with Gasteiger partial charge < -0.3 is 10.4 Å². The van der Waals surface area contributed by atoms with Gasteiger partial charge in [0.05, 0.1) is 17.0 Å². The van der Waals surface area contributed by atoms with Crippen LogP contribution in [-0.4, -0.2) is 29.2 Å². The van der Waals surface area contributed by atoms with Crippen LogP contribution < -0.4 is 5.32 Å². The van der Waals surface area contributed by atoms with E-state index in [9.17, 15) is 9.59 Å². The summed E-state index contributed by atoms with van der Waals surface area (Å²) < 4.78 is 0. The molecule has 0 saturated carbocycles. The van der Waals surface area contributed by atoms with Crippen molar-refractivity contribution >= 4 is 23.3 Å². The molecular weight excluding hydrogens is 268 g/mol. The second-order valence-electron chi connectivity index (χ2n) is 4.64. The van der Waals surface area contributed by atoms with E-state index in [0.29, 0.717) is 17.0 Å². The average Bonchev–Trinajstić information content (AvgIpc) is 2.65. The van der Waals surface area contributed by atoms with Crippen LogP contribution in [-0.2, 0) is 4.79 Å². The maximum Gasteiger partial charge on any atom is 0.335 e. The SMILES string of the molecule is O=C1CN=C(c2ccccc2)c2cc(C(=O)O)ccc2N1. The van der Waals surface area contributed by atoms with E-state index in [1.165, 1.54) is 12.1 Å². The van der Waals surface area contributed by atoms with Crippen LogP contribution in [0.15, 0.2) is 53.5 Å². The molecule has 0 radical (unpaired) electrons. The monoisotopic (exact) mass is 280 g/mol. The van der Waals surface area contributed by atoms with E-state index in [1.54, 1.807) is 6.07 Å². The minimum Gasteiger partial charge on any atom is -0.478 e. The van der Waals surface area contributed by atoms with Crippen LogP contribution in [0.5, 0.6) is 0 Å². The van der Waals surface area contributed by atoms with E-state index in [1.807, 2.05) is 30.3 Å². The number of hydrogen-bond donors (Lipinski definition) is 2. The summed E-state index contributed by atoms with van der Waals surface area (Å²) in [6.07, 6.45) is 0. The summed E-state index contributed by atoms with van der Waals surface area (Å²) in [5.41, 5.74) is 2.82. The predicted molar refractivity (Wildman–Crippen MR) is 79.0 cm³/mol. The smallest absolute Gasteiger partial charge is 0.335 e. The molecule has 21 heavy (non-hydrogen) atoms. The molecule has 104 valence electrons. The molecule has 0 atom stereocenters. The number of nitrogens with one attached hydrogen (secondary N) is 1. The maximum atomic E-state index is 11.7. The predicted octanol–water partition coefficient (Wildman–Crippen LogP) is 2.17. The van der Waals surface area contributed by atoms with Gasteiger partial charge in [0.1, 0.15) is 6.54 Å². The van der Waals surface area contributed by atoms with Crippen molar-refractivity contribution in [1.82, 2.24) is 0 Å². The summed E-state index contributed by atoms with van der Waals surface area (Å²) in [5.74, 6) is -1.23. The Kier molecular flexibility index (Phi) is 3.23. The fraction of sp³-hybridized carbons (Fsp3) is 0.0625. The van der Waals surface area contributed by atoms with Crippen molar-refractivity contribution in [2.24, 2.45) is 4.99 Å². The summed E-state index contributed by atoms with van der Waals surface area (Å²) in [4.78, 5) is 27.2. The molecule has 2 N–H and O–H groups in total. The van der Waals surface area contributed by atoms with E-state index in [4.69, 9.17) is 5.11 Å². The van der Waals surface area contributed by atoms with Gasteiger partial charge >= 0.3 is 5.97 Å². The number of carboxylic acids is 1. The van der Waals surface area contributed by atoms with Gasteiger partial charge in [0, 0.05) is 11.1 Å². The Morgan fingerprint density at radius 1 is 1.14 bits per heavy atom. The fourth-order valence-electron chi connectivity index (χ4n) is 2.25. The first-order valence-electron chi connectivity index (χ1n) is 6.42. The van der Waals surface area contributed by atoms with Crippen molar-refractivity contribution in [3.8, 4) is 0 Å². The molecule has 2 aromatic carbocycles. The lowest BCUT2D eigenvalue weighted by molar-refractivity contribution is -0.114. The molecule has 0 aromatic heterocycles. The molecule has 1 heterocycles. The Hall–Kier alpha value is -2.95. The van der Waals surface area contributed by atoms with Gasteiger partial charge in [-0.2, -0.15) is 0 Å². The molecule has 1 aliphatic heterocycles. The van der Waals surface area contributed by atoms with Crippen molar-refractivity contribution in [2.45, 2.75) is 0 Å². The number of aliphatic imine (C=N–C) groups is 1. The van der Waals surface area contributed by atoms with Gasteiger partial charge in [-0.15, -0.1) is 0 Å². The fourth-order valence-corrected chi connectivity index (χ4v) is 2.25. The number of benzene rings is 2. The van der Waals surface area contributed by atoms with Gasteiger partial charge in [0.15, 0.2) is 0 Å². The van der Waals surface area contributed by atoms with Gasteiger partial charge in [-0.25, -0.2) is 4.79 Å². The molecule has 1 amide bonds. The van der Waals surface area contributed by atoms with Crippen molar-refractivity contribution in [2.75, 3.05) is 11.9 Å². The molecule has 0 bridgehead atoms. The van der Waals surface area contributed by atoms with Crippen LogP contribution in [0.4, 0.5) is 5.69 Å². The number of rotatable bonds is 2. The van der Waals surface area contributed by atoms with Gasteiger partial charge in [-0.1, -0.05) is 30.3 Å². The van der Waals surface area contributed by atoms with Crippen LogP contribution in [0.1, 0.15) is 21.5 Å². The Morgan fingerprint density at radius 3 is 2.62 bits per heavy atom. The standard InChI is InChI=1S/C16H12N2O3/c19-14-9-17-15(10-4-2-1-3-5-10)12-8-11(16(20)21)6-7-13(12)18-14/h1-8H,9H2,(H,18,19)(H,20,21). The topological polar surface area (TPSA) is 78.8 Å². The van der Waals surface area contributed by atoms with E-state index in [2.05, 4.69) is 10.3 Å². The molecule has 3 rings (SSSR count). The highest BCUT2D eigenvalue weighted by atomic mass is 16.4. The summed E-state index contributed by atoms with van der Waals surface area (Å²) in [5, 5.41) is 11.9. The van der Waals surface area contributed by atoms with Gasteiger partial charge in [-0.3, -0.25) is 9.79 Å². The highest BCUT2D eigenvalue weighted by molar-refractivity contribution is 6.19. The molecule has 2 aromatic rings. The minimum atomic E-state index is -1.01. The third-order valence-electron chi connectivity index (χ3n) is 3.22. The van der Waals surface area contributed by atoms with Crippen LogP contribution in [0.3, 0.4) is 0 Å². The van der Waals surface area contributed by atoms with Crippen molar-refractivity contribution in [3.05, 3.63) is 65.2 Å². The van der Waals surface area contributed by atoms with Crippen LogP contribution >= 0.6 is 0 Å². The van der Waals surface area contributed by atoms with Crippen LogP contribution in [0.2, 0.25) is 0 Å². The first kappa shape index (κ1) is 13.1. The molecule has 5 nitrogen and oxygen atoms in total. The second kappa shape index (κ2) is 5.20. The number of carboxylic acid groups (broad SMARTS) is 1. The third kappa shape index (κ3) is 2.53. The van der Waals surface area contributed by atoms with Gasteiger partial charge in [-0.05, 0) is 18.2 Å². The molecule has 0 saturated heterocycles. The zero-order chi connectivity index (χ0) is 14.8. The zero-order valence-electron chi connectivity index (χ0n) is 11.0. The van der Waals surface area contributed by atoms with Gasteiger partial charge in [0.2, 0.25) is 5.91 Å². The Morgan fingerprint density at radius 2 is 1.90 bits per heavy atom. The second-order valence-corrected chi connectivity index (χ2v) is 4.64. The molecule has 1 aliphatic rings. The number of carbonyl (C=O) groups excluding carboxylic acids is 1. The van der Waals surface area contributed by atoms with Crippen molar-refractivity contribution in [3.63, 3.8) is 0 Å². The molecule has 0 fully saturated rings. The van der Waals surface area contributed by atoms with E-state index >= 15 is 0 Å². The van der Waals surface area contributed by atoms with Crippen LogP contribution in [0, 0.1) is 0 Å². The van der Waals surface area contributed by atoms with Gasteiger partial charge in [0.25, 0.3) is 0 Å². The Labute approximate surface area is 121 Å². The number of hydrogen-bond acceptors (Lipinski definition) is 3. The van der Waals surface area contributed by atoms with E-state index in [0.717, 1.165) is 5.56 Å². The summed E-state index contributed by atoms with van der Waals surface area (Å²) in [6, 6.07) is 14.0. The average molecular weight is 280 g/mol. The molecule has 0 spiro atoms. The summed E-state index contributed by atoms with van der Waals surface area (Å²) in [6.45, 7) is 0.0152. The Balaban J connectivity index is 2.20. The van der Waals surface area contributed by atoms with E-state index in [-0.39, 0.29) is 18.0 Å². The third-order valence-corrected chi connectivity index (χ3v) is 3.22.